The number of hydrogen-bond donors (Lipinski definition) is 0. The largest absolute Gasteiger partial charge is 0.494 e. The smallest absolute Gasteiger partial charge is 0.338 e. The first-order valence-electron chi connectivity index (χ1n) is 4.30. The van der Waals surface area contributed by atoms with Gasteiger partial charge in [0, 0.05) is 0 Å². The second kappa shape index (κ2) is 5.37. The van der Waals surface area contributed by atoms with Gasteiger partial charge in [0.15, 0.2) is 5.75 Å². The number of carbonyl (C=O) groups excluding carboxylic acids is 1. The molecule has 3 nitrogen and oxygen atoms in total. The van der Waals surface area contributed by atoms with Crippen LogP contribution in [0.4, 0.5) is 0 Å². The Morgan fingerprint density at radius 3 is 2.67 bits per heavy atom. The molecule has 0 heterocycles. The van der Waals surface area contributed by atoms with Crippen molar-refractivity contribution >= 4 is 33.5 Å². The van der Waals surface area contributed by atoms with Crippen LogP contribution in [0.1, 0.15) is 17.3 Å². The Kier molecular flexibility index (Phi) is 4.42. The highest BCUT2D eigenvalue weighted by atomic mass is 79.9. The van der Waals surface area contributed by atoms with Crippen molar-refractivity contribution in [1.82, 2.24) is 0 Å². The number of methoxy groups -OCH3 is 1. The van der Waals surface area contributed by atoms with E-state index in [0.29, 0.717) is 27.4 Å². The summed E-state index contributed by atoms with van der Waals surface area (Å²) in [5.74, 6) is 0.104. The second-order valence-corrected chi connectivity index (χ2v) is 3.96. The van der Waals surface area contributed by atoms with Crippen molar-refractivity contribution in [2.24, 2.45) is 0 Å². The van der Waals surface area contributed by atoms with Gasteiger partial charge in [-0.15, -0.1) is 0 Å². The van der Waals surface area contributed by atoms with Crippen molar-refractivity contribution < 1.29 is 14.3 Å². The molecular formula is C10H10BrClO3. The Balaban J connectivity index is 3.08. The fourth-order valence-corrected chi connectivity index (χ4v) is 2.12. The van der Waals surface area contributed by atoms with Crippen molar-refractivity contribution in [1.29, 1.82) is 0 Å². The summed E-state index contributed by atoms with van der Waals surface area (Å²) in [6.07, 6.45) is 0. The fourth-order valence-electron chi connectivity index (χ4n) is 1.09. The van der Waals surface area contributed by atoms with Crippen molar-refractivity contribution in [2.45, 2.75) is 6.92 Å². The highest BCUT2D eigenvalue weighted by Crippen LogP contribution is 2.34. The van der Waals surface area contributed by atoms with Crippen LogP contribution >= 0.6 is 27.5 Å². The number of halogens is 2. The first-order chi connectivity index (χ1) is 7.10. The van der Waals surface area contributed by atoms with Crippen molar-refractivity contribution in [3.05, 3.63) is 27.2 Å². The molecule has 0 saturated heterocycles. The SMILES string of the molecule is CCOC(=O)c1cc(Cl)c(OC)c(Br)c1. The molecule has 0 atom stereocenters. The van der Waals surface area contributed by atoms with E-state index in [-0.39, 0.29) is 0 Å². The summed E-state index contributed by atoms with van der Waals surface area (Å²) < 4.78 is 10.5. The van der Waals surface area contributed by atoms with Crippen LogP contribution in [0.2, 0.25) is 5.02 Å². The van der Waals surface area contributed by atoms with Gasteiger partial charge in [-0.05, 0) is 35.0 Å². The molecule has 0 aliphatic rings. The molecule has 15 heavy (non-hydrogen) atoms. The summed E-state index contributed by atoms with van der Waals surface area (Å²) in [6, 6.07) is 3.13. The van der Waals surface area contributed by atoms with E-state index in [2.05, 4.69) is 15.9 Å². The van der Waals surface area contributed by atoms with Gasteiger partial charge in [-0.1, -0.05) is 11.6 Å². The zero-order valence-corrected chi connectivity index (χ0v) is 10.7. The maximum Gasteiger partial charge on any atom is 0.338 e. The average Bonchev–Trinajstić information content (AvgIpc) is 2.17. The van der Waals surface area contributed by atoms with Gasteiger partial charge in [0.2, 0.25) is 0 Å². The minimum atomic E-state index is -0.400. The standard InChI is InChI=1S/C10H10BrClO3/c1-3-15-10(13)6-4-7(11)9(14-2)8(12)5-6/h4-5H,3H2,1-2H3. The lowest BCUT2D eigenvalue weighted by Gasteiger charge is -2.08. The molecule has 0 aliphatic heterocycles. The molecule has 5 heteroatoms. The van der Waals surface area contributed by atoms with Gasteiger partial charge in [0.1, 0.15) is 0 Å². The lowest BCUT2D eigenvalue weighted by molar-refractivity contribution is 0.0526. The molecule has 0 saturated carbocycles. The minimum absolute atomic E-state index is 0.333. The topological polar surface area (TPSA) is 35.5 Å². The van der Waals surface area contributed by atoms with Gasteiger partial charge >= 0.3 is 5.97 Å². The number of esters is 1. The van der Waals surface area contributed by atoms with Crippen LogP contribution in [0.3, 0.4) is 0 Å². The molecule has 82 valence electrons. The van der Waals surface area contributed by atoms with E-state index in [1.54, 1.807) is 13.0 Å². The van der Waals surface area contributed by atoms with Crippen molar-refractivity contribution in [3.63, 3.8) is 0 Å². The molecule has 1 aromatic rings. The molecule has 0 spiro atoms. The highest BCUT2D eigenvalue weighted by molar-refractivity contribution is 9.10. The molecule has 0 aliphatic carbocycles. The van der Waals surface area contributed by atoms with Gasteiger partial charge < -0.3 is 9.47 Å². The summed E-state index contributed by atoms with van der Waals surface area (Å²) in [5, 5.41) is 0.370. The lowest BCUT2D eigenvalue weighted by Crippen LogP contribution is -2.04. The summed E-state index contributed by atoms with van der Waals surface area (Å²) in [4.78, 5) is 11.4. The van der Waals surface area contributed by atoms with Crippen LogP contribution in [0.15, 0.2) is 16.6 Å². The molecule has 0 aromatic heterocycles. The van der Waals surface area contributed by atoms with E-state index in [1.807, 2.05) is 0 Å². The predicted octanol–water partition coefficient (Wildman–Crippen LogP) is 3.29. The monoisotopic (exact) mass is 292 g/mol. The maximum atomic E-state index is 11.4. The Morgan fingerprint density at radius 1 is 1.53 bits per heavy atom. The van der Waals surface area contributed by atoms with E-state index in [1.165, 1.54) is 13.2 Å². The van der Waals surface area contributed by atoms with E-state index in [4.69, 9.17) is 21.1 Å². The van der Waals surface area contributed by atoms with Gasteiger partial charge in [-0.25, -0.2) is 4.79 Å². The molecule has 0 radical (unpaired) electrons. The van der Waals surface area contributed by atoms with Gasteiger partial charge in [-0.2, -0.15) is 0 Å². The van der Waals surface area contributed by atoms with Gasteiger partial charge in [-0.3, -0.25) is 0 Å². The Labute approximate surface area is 101 Å². The number of hydrogen-bond acceptors (Lipinski definition) is 3. The number of rotatable bonds is 3. The third-order valence-corrected chi connectivity index (χ3v) is 2.58. The third kappa shape index (κ3) is 2.86. The molecular weight excluding hydrogens is 283 g/mol. The molecule has 0 N–H and O–H groups in total. The Morgan fingerprint density at radius 2 is 2.20 bits per heavy atom. The zero-order chi connectivity index (χ0) is 11.4. The van der Waals surface area contributed by atoms with E-state index in [0.717, 1.165) is 0 Å². The van der Waals surface area contributed by atoms with Crippen LogP contribution in [-0.2, 0) is 4.74 Å². The van der Waals surface area contributed by atoms with E-state index in [9.17, 15) is 4.79 Å². The maximum absolute atomic E-state index is 11.4. The lowest BCUT2D eigenvalue weighted by atomic mass is 10.2. The number of benzene rings is 1. The zero-order valence-electron chi connectivity index (χ0n) is 8.34. The van der Waals surface area contributed by atoms with Crippen LogP contribution in [0.5, 0.6) is 5.75 Å². The Hall–Kier alpha value is -0.740. The second-order valence-electron chi connectivity index (χ2n) is 2.69. The summed E-state index contributed by atoms with van der Waals surface area (Å²) in [6.45, 7) is 2.08. The van der Waals surface area contributed by atoms with Crippen LogP contribution in [0.25, 0.3) is 0 Å². The van der Waals surface area contributed by atoms with E-state index >= 15 is 0 Å². The summed E-state index contributed by atoms with van der Waals surface area (Å²) >= 11 is 9.18. The summed E-state index contributed by atoms with van der Waals surface area (Å²) in [5.41, 5.74) is 0.398. The predicted molar refractivity (Wildman–Crippen MR) is 61.7 cm³/mol. The van der Waals surface area contributed by atoms with Crippen molar-refractivity contribution in [2.75, 3.05) is 13.7 Å². The molecule has 1 rings (SSSR count). The first kappa shape index (κ1) is 12.3. The van der Waals surface area contributed by atoms with Crippen LogP contribution in [0, 0.1) is 0 Å². The van der Waals surface area contributed by atoms with Crippen molar-refractivity contribution in [3.8, 4) is 5.75 Å². The average molecular weight is 294 g/mol. The minimum Gasteiger partial charge on any atom is -0.494 e. The Bertz CT molecular complexity index is 356. The summed E-state index contributed by atoms with van der Waals surface area (Å²) in [7, 11) is 1.51. The third-order valence-electron chi connectivity index (χ3n) is 1.71. The molecule has 0 bridgehead atoms. The van der Waals surface area contributed by atoms with E-state index < -0.39 is 5.97 Å². The normalized spacial score (nSPS) is 9.87. The molecule has 0 fully saturated rings. The quantitative estimate of drug-likeness (QED) is 0.802. The molecule has 1 aromatic carbocycles. The number of carbonyl (C=O) groups is 1. The first-order valence-corrected chi connectivity index (χ1v) is 5.47. The van der Waals surface area contributed by atoms with Crippen LogP contribution in [-0.4, -0.2) is 19.7 Å². The molecule has 0 unspecified atom stereocenters. The highest BCUT2D eigenvalue weighted by Gasteiger charge is 2.13. The van der Waals surface area contributed by atoms with Crippen LogP contribution < -0.4 is 4.74 Å². The van der Waals surface area contributed by atoms with Gasteiger partial charge in [0.25, 0.3) is 0 Å². The van der Waals surface area contributed by atoms with Gasteiger partial charge in [0.05, 0.1) is 28.8 Å². The fraction of sp³-hybridized carbons (Fsp3) is 0.300. The number of ether oxygens (including phenoxy) is 2. The molecule has 0 amide bonds.